The first kappa shape index (κ1) is 74.0. The van der Waals surface area contributed by atoms with Gasteiger partial charge in [0.25, 0.3) is 7.82 Å². The molecule has 512 valence electrons. The van der Waals surface area contributed by atoms with E-state index in [4.69, 9.17) is 96.0 Å². The van der Waals surface area contributed by atoms with Crippen LogP contribution in [0, 0.1) is 0 Å². The zero-order chi connectivity index (χ0) is 68.7. The SMILES string of the molecule is C[N+](C)(C)CCOP(=O)([O-])OC[C@H]1O[C@@H](OC[C@H]2O[C@@H](OCCCCCCNC(=O)OCC(Cl)(Cl)Cl)[C@H](OC(=O)c3ccccc3)[C@@H](OC(=O)c3ccccc3)[C@H]2OC(=O)c2ccccc2)[C@H](OC(=O)c2ccccc2)[C@@H](OC(=O)c2ccccc2)[C@H]1OC(=O)c1ccccc1. The summed E-state index contributed by atoms with van der Waals surface area (Å²) >= 11 is 17.1. The van der Waals surface area contributed by atoms with Gasteiger partial charge in [-0.1, -0.05) is 157 Å². The normalized spacial score (nSPS) is 21.6. The second-order valence-electron chi connectivity index (χ2n) is 22.8. The number of likely N-dealkylation sites (N-methyl/N-ethyl adjacent to an activating group) is 1. The number of hydrogen-bond acceptors (Lipinski definition) is 22. The monoisotopic (exact) mass is 1400 g/mol. The molecule has 8 rings (SSSR count). The van der Waals surface area contributed by atoms with Crippen molar-refractivity contribution in [3.63, 3.8) is 0 Å². The van der Waals surface area contributed by atoms with Gasteiger partial charge < -0.3 is 75.8 Å². The molecule has 1 amide bonds. The van der Waals surface area contributed by atoms with Crippen LogP contribution in [0.5, 0.6) is 0 Å². The number of phosphoric acid groups is 1. The van der Waals surface area contributed by atoms with Gasteiger partial charge in [-0.2, -0.15) is 0 Å². The van der Waals surface area contributed by atoms with Crippen molar-refractivity contribution in [1.29, 1.82) is 0 Å². The number of nitrogens with one attached hydrogen (secondary N) is 1. The molecular weight excluding hydrogens is 1330 g/mol. The van der Waals surface area contributed by atoms with Crippen LogP contribution >= 0.6 is 42.6 Å². The fourth-order valence-corrected chi connectivity index (χ4v) is 10.6. The lowest BCUT2D eigenvalue weighted by Gasteiger charge is -2.46. The van der Waals surface area contributed by atoms with Crippen LogP contribution in [0.15, 0.2) is 182 Å². The van der Waals surface area contributed by atoms with Gasteiger partial charge in [0.05, 0.1) is 67.7 Å². The zero-order valence-corrected chi connectivity index (χ0v) is 55.5. The van der Waals surface area contributed by atoms with E-state index < -0.39 is 135 Å². The minimum Gasteiger partial charge on any atom is -0.756 e. The van der Waals surface area contributed by atoms with Crippen LogP contribution in [0.4, 0.5) is 4.79 Å². The van der Waals surface area contributed by atoms with Gasteiger partial charge in [0.1, 0.15) is 32.0 Å². The molecule has 6 aromatic rings. The van der Waals surface area contributed by atoms with E-state index >= 15 is 0 Å². The van der Waals surface area contributed by atoms with E-state index in [1.54, 1.807) is 109 Å². The van der Waals surface area contributed by atoms with Crippen LogP contribution in [-0.2, 0) is 65.7 Å². The quantitative estimate of drug-likeness (QED) is 0.0106. The van der Waals surface area contributed by atoms with Gasteiger partial charge in [-0.3, -0.25) is 4.57 Å². The van der Waals surface area contributed by atoms with E-state index in [1.807, 2.05) is 21.1 Å². The summed E-state index contributed by atoms with van der Waals surface area (Å²) in [6.45, 7) is -2.35. The number of rotatable bonds is 31. The van der Waals surface area contributed by atoms with Crippen LogP contribution < -0.4 is 10.2 Å². The number of quaternary nitrogens is 1. The topological polar surface area (TPSA) is 292 Å². The predicted molar refractivity (Wildman–Crippen MR) is 344 cm³/mol. The summed E-state index contributed by atoms with van der Waals surface area (Å²) in [7, 11) is 0.170. The number of unbranched alkanes of at least 4 members (excludes halogenated alkanes) is 3. The van der Waals surface area contributed by atoms with Crippen molar-refractivity contribution in [3.8, 4) is 0 Å². The van der Waals surface area contributed by atoms with E-state index in [0.717, 1.165) is 0 Å². The average molecular weight is 1410 g/mol. The Morgan fingerprint density at radius 2 is 0.781 bits per heavy atom. The van der Waals surface area contributed by atoms with Crippen molar-refractivity contribution < 1.29 is 109 Å². The molecule has 1 N–H and O–H groups in total. The fourth-order valence-electron chi connectivity index (χ4n) is 9.68. The molecule has 0 aliphatic carbocycles. The molecule has 1 unspecified atom stereocenters. The smallest absolute Gasteiger partial charge is 0.407 e. The molecule has 2 fully saturated rings. The molecule has 24 nitrogen and oxygen atoms in total. The molecule has 0 saturated carbocycles. The van der Waals surface area contributed by atoms with Crippen molar-refractivity contribution in [2.24, 2.45) is 0 Å². The number of benzene rings is 6. The van der Waals surface area contributed by atoms with Crippen molar-refractivity contribution in [2.45, 2.75) is 90.9 Å². The van der Waals surface area contributed by atoms with E-state index in [9.17, 15) is 43.0 Å². The Hall–Kier alpha value is -7.81. The van der Waals surface area contributed by atoms with Gasteiger partial charge in [-0.15, -0.1) is 0 Å². The molecule has 96 heavy (non-hydrogen) atoms. The number of hydrogen-bond donors (Lipinski definition) is 1. The average Bonchev–Trinajstić information content (AvgIpc) is 0.783. The van der Waals surface area contributed by atoms with E-state index in [0.29, 0.717) is 30.2 Å². The Balaban J connectivity index is 1.20. The lowest BCUT2D eigenvalue weighted by atomic mass is 9.96. The van der Waals surface area contributed by atoms with Crippen molar-refractivity contribution >= 4 is 84.5 Å². The highest BCUT2D eigenvalue weighted by molar-refractivity contribution is 7.45. The molecule has 6 aromatic carbocycles. The van der Waals surface area contributed by atoms with Crippen molar-refractivity contribution in [3.05, 3.63) is 215 Å². The molecule has 2 heterocycles. The molecule has 2 aliphatic rings. The van der Waals surface area contributed by atoms with Gasteiger partial charge in [0, 0.05) is 13.2 Å². The molecule has 11 atom stereocenters. The minimum absolute atomic E-state index is 0.00991. The standard InChI is InChI=1S/C68H72Cl3N2O22P/c1-73(2,3)39-41-86-96(81,82)87-43-52-54(91-60(75)46-28-14-7-15-29-46)56(93-62(77)48-32-18-9-19-33-48)58(95-64(79)50-36-22-11-23-37-50)66(89-52)84-42-51-53(90-59(74)45-26-12-6-13-27-45)55(92-61(76)47-30-16-8-17-31-47)57(94-63(78)49-34-20-10-21-35-49)65(88-51)83-40-25-5-4-24-38-72-67(80)85-44-68(69,70)71/h6-23,26-37,51-58,65-66H,4-5,24-25,38-44H2,1-3H3,(H-,72,80,81,82)/t51-,52-,53+,54+,55+,56+,57-,58-,65-,66-/m1/s1. The lowest BCUT2D eigenvalue weighted by Crippen LogP contribution is -2.65. The number of carbonyl (C=O) groups is 7. The summed E-state index contributed by atoms with van der Waals surface area (Å²) in [5.41, 5.74) is 0.0331. The zero-order valence-electron chi connectivity index (χ0n) is 52.4. The number of amides is 1. The third-order valence-electron chi connectivity index (χ3n) is 14.5. The minimum atomic E-state index is -5.26. The highest BCUT2D eigenvalue weighted by atomic mass is 35.6. The first-order valence-corrected chi connectivity index (χ1v) is 33.1. The van der Waals surface area contributed by atoms with Crippen LogP contribution in [0.3, 0.4) is 0 Å². The third kappa shape index (κ3) is 23.2. The van der Waals surface area contributed by atoms with Crippen LogP contribution in [0.25, 0.3) is 0 Å². The van der Waals surface area contributed by atoms with Gasteiger partial charge in [0.2, 0.25) is 3.79 Å². The summed E-state index contributed by atoms with van der Waals surface area (Å²) in [5.74, 6) is -6.01. The Morgan fingerprint density at radius 3 is 1.15 bits per heavy atom. The number of nitrogens with zero attached hydrogens (tertiary/aromatic N) is 1. The molecule has 2 aliphatic heterocycles. The number of ether oxygens (including phenoxy) is 11. The molecule has 0 aromatic heterocycles. The van der Waals surface area contributed by atoms with Crippen molar-refractivity contribution in [2.75, 3.05) is 67.3 Å². The van der Waals surface area contributed by atoms with E-state index in [2.05, 4.69) is 5.32 Å². The summed E-state index contributed by atoms with van der Waals surface area (Å²) in [6, 6.07) is 46.0. The largest absolute Gasteiger partial charge is 0.756 e. The Kier molecular flexibility index (Phi) is 27.7. The Morgan fingerprint density at radius 1 is 0.448 bits per heavy atom. The summed E-state index contributed by atoms with van der Waals surface area (Å²) in [4.78, 5) is 113. The van der Waals surface area contributed by atoms with E-state index in [1.165, 1.54) is 72.8 Å². The Labute approximate surface area is 569 Å². The summed E-state index contributed by atoms with van der Waals surface area (Å²) < 4.78 is 91.8. The van der Waals surface area contributed by atoms with Crippen LogP contribution in [0.1, 0.15) is 87.8 Å². The predicted octanol–water partition coefficient (Wildman–Crippen LogP) is 9.69. The number of alkyl halides is 3. The number of esters is 6. The number of alkyl carbamates (subject to hydrolysis) is 1. The van der Waals surface area contributed by atoms with Crippen LogP contribution in [-0.4, -0.2) is 179 Å². The lowest BCUT2D eigenvalue weighted by molar-refractivity contribution is -0.870. The van der Waals surface area contributed by atoms with E-state index in [-0.39, 0.29) is 59.7 Å². The highest BCUT2D eigenvalue weighted by Gasteiger charge is 2.57. The maximum atomic E-state index is 14.5. The number of halogens is 3. The summed E-state index contributed by atoms with van der Waals surface area (Å²) in [5, 5.41) is 2.58. The number of phosphoric ester groups is 1. The van der Waals surface area contributed by atoms with Gasteiger partial charge in [0.15, 0.2) is 49.2 Å². The molecule has 2 saturated heterocycles. The summed E-state index contributed by atoms with van der Waals surface area (Å²) in [6.07, 6.45) is -17.5. The second-order valence-corrected chi connectivity index (χ2v) is 26.8. The van der Waals surface area contributed by atoms with Gasteiger partial charge >= 0.3 is 41.9 Å². The van der Waals surface area contributed by atoms with Gasteiger partial charge in [-0.05, 0) is 85.6 Å². The maximum absolute atomic E-state index is 14.5. The second kappa shape index (κ2) is 36.0. The first-order valence-electron chi connectivity index (χ1n) is 30.5. The highest BCUT2D eigenvalue weighted by Crippen LogP contribution is 2.41. The molecule has 0 bridgehead atoms. The molecule has 28 heteroatoms. The first-order chi connectivity index (χ1) is 46.0. The molecule has 0 spiro atoms. The number of carbonyl (C=O) groups excluding carboxylic acids is 7. The maximum Gasteiger partial charge on any atom is 0.407 e. The molecular formula is C68H72Cl3N2O22P. The third-order valence-corrected chi connectivity index (χ3v) is 15.8. The van der Waals surface area contributed by atoms with Crippen LogP contribution in [0.2, 0.25) is 0 Å². The van der Waals surface area contributed by atoms with Crippen molar-refractivity contribution in [1.82, 2.24) is 5.32 Å². The molecule has 0 radical (unpaired) electrons. The fraction of sp³-hybridized carbons (Fsp3) is 0.368. The van der Waals surface area contributed by atoms with Gasteiger partial charge in [-0.25, -0.2) is 33.6 Å². The Bertz CT molecular complexity index is 3530.